The number of hydrogen-bond acceptors (Lipinski definition) is 4. The third-order valence-corrected chi connectivity index (χ3v) is 7.25. The molecule has 30 heavy (non-hydrogen) atoms. The van der Waals surface area contributed by atoms with Gasteiger partial charge in [0.05, 0.1) is 11.4 Å². The number of piperidine rings is 1. The number of amides is 1. The van der Waals surface area contributed by atoms with E-state index < -0.39 is 15.9 Å². The highest BCUT2D eigenvalue weighted by Gasteiger charge is 2.34. The molecule has 1 aliphatic rings. The maximum Gasteiger partial charge on any atom is 0.245 e. The lowest BCUT2D eigenvalue weighted by atomic mass is 9.99. The zero-order valence-corrected chi connectivity index (χ0v) is 17.1. The van der Waals surface area contributed by atoms with E-state index in [9.17, 15) is 17.6 Å². The van der Waals surface area contributed by atoms with Crippen molar-refractivity contribution < 1.29 is 17.6 Å². The minimum Gasteiger partial charge on any atom is -0.352 e. The third kappa shape index (κ3) is 4.20. The average Bonchev–Trinajstić information content (AvgIpc) is 2.78. The number of sulfonamides is 1. The van der Waals surface area contributed by atoms with E-state index in [-0.39, 0.29) is 29.7 Å². The molecule has 6 nitrogen and oxygen atoms in total. The highest BCUT2D eigenvalue weighted by molar-refractivity contribution is 7.89. The molecule has 0 radical (unpaired) electrons. The quantitative estimate of drug-likeness (QED) is 0.679. The number of fused-ring (bicyclic) bond motifs is 1. The maximum absolute atomic E-state index is 13.3. The fraction of sp³-hybridized carbons (Fsp3) is 0.273. The van der Waals surface area contributed by atoms with Crippen LogP contribution in [0.25, 0.3) is 10.9 Å². The van der Waals surface area contributed by atoms with Gasteiger partial charge in [-0.25, -0.2) is 12.8 Å². The third-order valence-electron chi connectivity index (χ3n) is 5.35. The zero-order valence-electron chi connectivity index (χ0n) is 16.3. The Bertz CT molecular complexity index is 1160. The van der Waals surface area contributed by atoms with Crippen molar-refractivity contribution in [3.05, 3.63) is 72.2 Å². The van der Waals surface area contributed by atoms with Crippen molar-refractivity contribution in [3.8, 4) is 0 Å². The number of nitrogens with one attached hydrogen (secondary N) is 1. The highest BCUT2D eigenvalue weighted by Crippen LogP contribution is 2.28. The molecule has 1 aliphatic heterocycles. The summed E-state index contributed by atoms with van der Waals surface area (Å²) in [5.74, 6) is -0.965. The van der Waals surface area contributed by atoms with E-state index >= 15 is 0 Å². The van der Waals surface area contributed by atoms with Crippen molar-refractivity contribution in [3.63, 3.8) is 0 Å². The molecule has 4 rings (SSSR count). The molecule has 3 aromatic rings. The first-order valence-electron chi connectivity index (χ1n) is 9.81. The molecule has 1 amide bonds. The van der Waals surface area contributed by atoms with Crippen molar-refractivity contribution in [2.45, 2.75) is 24.3 Å². The van der Waals surface area contributed by atoms with Gasteiger partial charge in [0.1, 0.15) is 10.7 Å². The van der Waals surface area contributed by atoms with E-state index in [0.717, 1.165) is 10.9 Å². The first kappa shape index (κ1) is 20.4. The summed E-state index contributed by atoms with van der Waals surface area (Å²) < 4.78 is 41.0. The van der Waals surface area contributed by atoms with Gasteiger partial charge in [-0.1, -0.05) is 30.3 Å². The topological polar surface area (TPSA) is 79.4 Å². The van der Waals surface area contributed by atoms with Crippen LogP contribution in [0.3, 0.4) is 0 Å². The number of aromatic nitrogens is 1. The second-order valence-corrected chi connectivity index (χ2v) is 9.28. The molecule has 8 heteroatoms. The molecule has 1 saturated heterocycles. The van der Waals surface area contributed by atoms with Crippen molar-refractivity contribution in [1.29, 1.82) is 0 Å². The summed E-state index contributed by atoms with van der Waals surface area (Å²) in [5, 5.41) is 3.59. The molecule has 0 saturated carbocycles. The lowest BCUT2D eigenvalue weighted by molar-refractivity contribution is -0.126. The number of nitrogens with zero attached hydrogens (tertiary/aromatic N) is 2. The van der Waals surface area contributed by atoms with Crippen LogP contribution in [-0.2, 0) is 21.4 Å². The molecular weight excluding hydrogens is 405 g/mol. The van der Waals surface area contributed by atoms with Crippen LogP contribution >= 0.6 is 0 Å². The second kappa shape index (κ2) is 8.49. The molecular formula is C22H22FN3O3S. The van der Waals surface area contributed by atoms with Gasteiger partial charge in [-0.3, -0.25) is 9.78 Å². The minimum atomic E-state index is -3.78. The van der Waals surface area contributed by atoms with Gasteiger partial charge in [-0.15, -0.1) is 0 Å². The van der Waals surface area contributed by atoms with Crippen molar-refractivity contribution in [1.82, 2.24) is 14.6 Å². The second-order valence-electron chi connectivity index (χ2n) is 7.38. The summed E-state index contributed by atoms with van der Waals surface area (Å²) in [5.41, 5.74) is 1.22. The van der Waals surface area contributed by atoms with Crippen LogP contribution in [0.1, 0.15) is 18.4 Å². The average molecular weight is 428 g/mol. The fourth-order valence-electron chi connectivity index (χ4n) is 3.73. The van der Waals surface area contributed by atoms with Crippen LogP contribution in [0.5, 0.6) is 0 Å². The predicted molar refractivity (Wildman–Crippen MR) is 111 cm³/mol. The Morgan fingerprint density at radius 2 is 1.90 bits per heavy atom. The lowest BCUT2D eigenvalue weighted by Crippen LogP contribution is -2.45. The Morgan fingerprint density at radius 1 is 1.13 bits per heavy atom. The van der Waals surface area contributed by atoms with Gasteiger partial charge in [0, 0.05) is 31.2 Å². The Labute approximate surface area is 174 Å². The molecule has 0 bridgehead atoms. The van der Waals surface area contributed by atoms with Gasteiger partial charge in [-0.2, -0.15) is 4.31 Å². The molecule has 1 N–H and O–H groups in total. The fourth-order valence-corrected chi connectivity index (χ4v) is 5.42. The number of carbonyl (C=O) groups excluding carboxylic acids is 1. The lowest BCUT2D eigenvalue weighted by Gasteiger charge is -2.31. The summed E-state index contributed by atoms with van der Waals surface area (Å²) in [6.07, 6.45) is 2.80. The Hall–Kier alpha value is -2.84. The van der Waals surface area contributed by atoms with E-state index in [1.165, 1.54) is 16.4 Å². The monoisotopic (exact) mass is 427 g/mol. The minimum absolute atomic E-state index is 0.126. The standard InChI is InChI=1S/C22H22FN3O3S/c23-19-10-8-16(9-11-19)14-25-22(27)18-6-3-13-26(15-18)30(28,29)20-7-1-4-17-5-2-12-24-21(17)20/h1-2,4-5,7-12,18H,3,6,13-15H2,(H,25,27)/t18-/m0/s1. The zero-order chi connectivity index (χ0) is 21.1. The van der Waals surface area contributed by atoms with Gasteiger partial charge < -0.3 is 5.32 Å². The molecule has 1 atom stereocenters. The molecule has 1 aromatic heterocycles. The maximum atomic E-state index is 13.3. The van der Waals surface area contributed by atoms with Gasteiger partial charge >= 0.3 is 0 Å². The van der Waals surface area contributed by atoms with Gasteiger partial charge in [-0.05, 0) is 42.7 Å². The van der Waals surface area contributed by atoms with Gasteiger partial charge in [0.2, 0.25) is 15.9 Å². The number of hydrogen-bond donors (Lipinski definition) is 1. The normalized spacial score (nSPS) is 17.7. The molecule has 0 unspecified atom stereocenters. The van der Waals surface area contributed by atoms with Crippen LogP contribution in [-0.4, -0.2) is 36.7 Å². The number of para-hydroxylation sites is 1. The Balaban J connectivity index is 1.48. The van der Waals surface area contributed by atoms with Crippen LogP contribution in [0.4, 0.5) is 4.39 Å². The van der Waals surface area contributed by atoms with Crippen molar-refractivity contribution >= 4 is 26.8 Å². The Morgan fingerprint density at radius 3 is 2.70 bits per heavy atom. The van der Waals surface area contributed by atoms with Crippen molar-refractivity contribution in [2.24, 2.45) is 5.92 Å². The van der Waals surface area contributed by atoms with Crippen LogP contribution < -0.4 is 5.32 Å². The number of halogens is 1. The smallest absolute Gasteiger partial charge is 0.245 e. The van der Waals surface area contributed by atoms with Crippen LogP contribution in [0.15, 0.2) is 65.7 Å². The SMILES string of the molecule is O=C(NCc1ccc(F)cc1)[C@H]1CCCN(S(=O)(=O)c2cccc3cccnc23)C1. The number of benzene rings is 2. The highest BCUT2D eigenvalue weighted by atomic mass is 32.2. The summed E-state index contributed by atoms with van der Waals surface area (Å²) in [7, 11) is -3.78. The summed E-state index contributed by atoms with van der Waals surface area (Å²) in [6.45, 7) is 0.768. The summed E-state index contributed by atoms with van der Waals surface area (Å²) in [4.78, 5) is 17.1. The largest absolute Gasteiger partial charge is 0.352 e. The molecule has 1 fully saturated rings. The number of carbonyl (C=O) groups is 1. The molecule has 0 aliphatic carbocycles. The van der Waals surface area contributed by atoms with E-state index in [0.29, 0.717) is 24.9 Å². The molecule has 156 valence electrons. The molecule has 2 aromatic carbocycles. The summed E-state index contributed by atoms with van der Waals surface area (Å²) in [6, 6.07) is 14.6. The van der Waals surface area contributed by atoms with Crippen LogP contribution in [0, 0.1) is 11.7 Å². The summed E-state index contributed by atoms with van der Waals surface area (Å²) >= 11 is 0. The molecule has 2 heterocycles. The van der Waals surface area contributed by atoms with E-state index in [4.69, 9.17) is 0 Å². The first-order valence-corrected chi connectivity index (χ1v) is 11.3. The van der Waals surface area contributed by atoms with E-state index in [1.807, 2.05) is 12.1 Å². The predicted octanol–water partition coefficient (Wildman–Crippen LogP) is 3.09. The van der Waals surface area contributed by atoms with Crippen LogP contribution in [0.2, 0.25) is 0 Å². The van der Waals surface area contributed by atoms with Gasteiger partial charge in [0.15, 0.2) is 0 Å². The van der Waals surface area contributed by atoms with E-state index in [1.54, 1.807) is 36.5 Å². The van der Waals surface area contributed by atoms with Crippen molar-refractivity contribution in [2.75, 3.05) is 13.1 Å². The molecule has 0 spiro atoms. The Kier molecular flexibility index (Phi) is 5.78. The van der Waals surface area contributed by atoms with E-state index in [2.05, 4.69) is 10.3 Å². The number of rotatable bonds is 5. The number of pyridine rings is 1. The van der Waals surface area contributed by atoms with Gasteiger partial charge in [0.25, 0.3) is 0 Å². The first-order chi connectivity index (χ1) is 14.4.